The van der Waals surface area contributed by atoms with Crippen LogP contribution in [0, 0.1) is 5.82 Å². The van der Waals surface area contributed by atoms with Gasteiger partial charge in [0.1, 0.15) is 5.82 Å². The number of hydrogen-bond acceptors (Lipinski definition) is 2. The lowest BCUT2D eigenvalue weighted by Gasteiger charge is -2.17. The first-order chi connectivity index (χ1) is 6.56. The lowest BCUT2D eigenvalue weighted by Crippen LogP contribution is -2.25. The van der Waals surface area contributed by atoms with Crippen LogP contribution in [0.25, 0.3) is 0 Å². The van der Waals surface area contributed by atoms with Crippen LogP contribution in [0.4, 0.5) is 4.39 Å². The molecule has 0 saturated carbocycles. The summed E-state index contributed by atoms with van der Waals surface area (Å²) in [4.78, 5) is 0. The minimum absolute atomic E-state index is 0.0620. The standard InChI is InChI=1S/C10H13ClFNO/c1-2-9(14)10(13)6-3-4-7(11)8(12)5-6/h3-5,9-10,14H,2,13H2,1H3. The van der Waals surface area contributed by atoms with Crippen LogP contribution in [-0.2, 0) is 0 Å². The number of aliphatic hydroxyl groups excluding tert-OH is 1. The van der Waals surface area contributed by atoms with Crippen LogP contribution in [-0.4, -0.2) is 11.2 Å². The predicted molar refractivity (Wildman–Crippen MR) is 54.6 cm³/mol. The normalized spacial score (nSPS) is 15.2. The zero-order valence-electron chi connectivity index (χ0n) is 7.87. The van der Waals surface area contributed by atoms with Crippen molar-refractivity contribution in [1.82, 2.24) is 0 Å². The number of aliphatic hydroxyl groups is 1. The molecule has 1 aromatic rings. The van der Waals surface area contributed by atoms with E-state index >= 15 is 0 Å². The first kappa shape index (κ1) is 11.4. The van der Waals surface area contributed by atoms with E-state index in [-0.39, 0.29) is 5.02 Å². The van der Waals surface area contributed by atoms with E-state index in [4.69, 9.17) is 17.3 Å². The van der Waals surface area contributed by atoms with Gasteiger partial charge in [-0.3, -0.25) is 0 Å². The summed E-state index contributed by atoms with van der Waals surface area (Å²) in [6.45, 7) is 1.82. The fourth-order valence-corrected chi connectivity index (χ4v) is 1.31. The summed E-state index contributed by atoms with van der Waals surface area (Å²) in [6.07, 6.45) is -0.124. The Kier molecular flexibility index (Phi) is 3.86. The summed E-state index contributed by atoms with van der Waals surface area (Å²) in [6, 6.07) is 3.75. The summed E-state index contributed by atoms with van der Waals surface area (Å²) in [5.74, 6) is -0.511. The lowest BCUT2D eigenvalue weighted by atomic mass is 10.0. The van der Waals surface area contributed by atoms with Crippen LogP contribution in [0.15, 0.2) is 18.2 Å². The van der Waals surface area contributed by atoms with Gasteiger partial charge >= 0.3 is 0 Å². The van der Waals surface area contributed by atoms with Gasteiger partial charge in [0, 0.05) is 0 Å². The van der Waals surface area contributed by atoms with Crippen LogP contribution >= 0.6 is 11.6 Å². The largest absolute Gasteiger partial charge is 0.391 e. The Balaban J connectivity index is 2.91. The van der Waals surface area contributed by atoms with Gasteiger partial charge in [0.05, 0.1) is 17.2 Å². The summed E-state index contributed by atoms with van der Waals surface area (Å²) < 4.78 is 13.0. The van der Waals surface area contributed by atoms with Crippen LogP contribution in [0.2, 0.25) is 5.02 Å². The van der Waals surface area contributed by atoms with Crippen LogP contribution < -0.4 is 5.73 Å². The zero-order valence-corrected chi connectivity index (χ0v) is 8.63. The quantitative estimate of drug-likeness (QED) is 0.816. The molecule has 2 atom stereocenters. The molecule has 0 aliphatic heterocycles. The fraction of sp³-hybridized carbons (Fsp3) is 0.400. The van der Waals surface area contributed by atoms with Crippen molar-refractivity contribution in [2.45, 2.75) is 25.5 Å². The Labute approximate surface area is 87.5 Å². The second kappa shape index (κ2) is 4.73. The van der Waals surface area contributed by atoms with Gasteiger partial charge in [0.15, 0.2) is 0 Å². The van der Waals surface area contributed by atoms with E-state index in [0.717, 1.165) is 0 Å². The highest BCUT2D eigenvalue weighted by Crippen LogP contribution is 2.21. The minimum atomic E-state index is -0.657. The summed E-state index contributed by atoms with van der Waals surface area (Å²) in [5.41, 5.74) is 6.26. The lowest BCUT2D eigenvalue weighted by molar-refractivity contribution is 0.140. The molecule has 78 valence electrons. The van der Waals surface area contributed by atoms with E-state index in [2.05, 4.69) is 0 Å². The number of rotatable bonds is 3. The molecule has 14 heavy (non-hydrogen) atoms. The molecule has 0 amide bonds. The van der Waals surface area contributed by atoms with E-state index in [1.165, 1.54) is 12.1 Å². The maximum atomic E-state index is 13.0. The molecule has 4 heteroatoms. The van der Waals surface area contributed by atoms with E-state index < -0.39 is 18.0 Å². The number of hydrogen-bond donors (Lipinski definition) is 2. The van der Waals surface area contributed by atoms with E-state index in [1.807, 2.05) is 6.92 Å². The fourth-order valence-electron chi connectivity index (χ4n) is 1.20. The predicted octanol–water partition coefficient (Wildman–Crippen LogP) is 2.25. The van der Waals surface area contributed by atoms with Crippen molar-refractivity contribution in [2.75, 3.05) is 0 Å². The molecule has 1 aromatic carbocycles. The highest BCUT2D eigenvalue weighted by Gasteiger charge is 2.15. The number of halogens is 2. The Morgan fingerprint density at radius 3 is 2.71 bits per heavy atom. The molecule has 0 aliphatic carbocycles. The molecule has 0 bridgehead atoms. The molecular formula is C10H13ClFNO. The zero-order chi connectivity index (χ0) is 10.7. The van der Waals surface area contributed by atoms with Gasteiger partial charge < -0.3 is 10.8 Å². The van der Waals surface area contributed by atoms with E-state index in [9.17, 15) is 9.50 Å². The average Bonchev–Trinajstić information content (AvgIpc) is 2.20. The smallest absolute Gasteiger partial charge is 0.142 e. The highest BCUT2D eigenvalue weighted by molar-refractivity contribution is 6.30. The number of nitrogens with two attached hydrogens (primary N) is 1. The van der Waals surface area contributed by atoms with Crippen LogP contribution in [0.1, 0.15) is 24.9 Å². The van der Waals surface area contributed by atoms with E-state index in [1.54, 1.807) is 6.07 Å². The Hall–Kier alpha value is -0.640. The molecule has 0 saturated heterocycles. The van der Waals surface area contributed by atoms with Crippen molar-refractivity contribution in [3.63, 3.8) is 0 Å². The topological polar surface area (TPSA) is 46.2 Å². The molecule has 3 N–H and O–H groups in total. The molecule has 0 heterocycles. The molecule has 0 spiro atoms. The van der Waals surface area contributed by atoms with Crippen molar-refractivity contribution in [3.05, 3.63) is 34.6 Å². The Morgan fingerprint density at radius 2 is 2.21 bits per heavy atom. The SMILES string of the molecule is CCC(O)C(N)c1ccc(Cl)c(F)c1. The summed E-state index contributed by atoms with van der Waals surface area (Å²) >= 11 is 5.52. The Morgan fingerprint density at radius 1 is 1.57 bits per heavy atom. The minimum Gasteiger partial charge on any atom is -0.391 e. The molecule has 0 aliphatic rings. The van der Waals surface area contributed by atoms with Gasteiger partial charge in [0.25, 0.3) is 0 Å². The molecule has 2 unspecified atom stereocenters. The van der Waals surface area contributed by atoms with Crippen LogP contribution in [0.3, 0.4) is 0 Å². The van der Waals surface area contributed by atoms with Crippen molar-refractivity contribution < 1.29 is 9.50 Å². The molecule has 1 rings (SSSR count). The second-order valence-electron chi connectivity index (χ2n) is 3.17. The first-order valence-corrected chi connectivity index (χ1v) is 4.82. The molecule has 0 aromatic heterocycles. The van der Waals surface area contributed by atoms with Gasteiger partial charge in [-0.05, 0) is 24.1 Å². The highest BCUT2D eigenvalue weighted by atomic mass is 35.5. The van der Waals surface area contributed by atoms with Gasteiger partial charge in [-0.25, -0.2) is 4.39 Å². The number of benzene rings is 1. The third kappa shape index (κ3) is 2.44. The average molecular weight is 218 g/mol. The van der Waals surface area contributed by atoms with Crippen molar-refractivity contribution >= 4 is 11.6 Å². The van der Waals surface area contributed by atoms with Gasteiger partial charge in [-0.1, -0.05) is 24.6 Å². The molecular weight excluding hydrogens is 205 g/mol. The van der Waals surface area contributed by atoms with E-state index in [0.29, 0.717) is 12.0 Å². The van der Waals surface area contributed by atoms with Gasteiger partial charge in [0.2, 0.25) is 0 Å². The van der Waals surface area contributed by atoms with Crippen molar-refractivity contribution in [2.24, 2.45) is 5.73 Å². The summed E-state index contributed by atoms with van der Waals surface area (Å²) in [5, 5.41) is 9.52. The maximum absolute atomic E-state index is 13.0. The van der Waals surface area contributed by atoms with Gasteiger partial charge in [-0.2, -0.15) is 0 Å². The first-order valence-electron chi connectivity index (χ1n) is 4.44. The molecule has 0 fully saturated rings. The molecule has 0 radical (unpaired) electrons. The third-order valence-electron chi connectivity index (χ3n) is 2.16. The Bertz CT molecular complexity index is 319. The summed E-state index contributed by atoms with van der Waals surface area (Å²) in [7, 11) is 0. The monoisotopic (exact) mass is 217 g/mol. The van der Waals surface area contributed by atoms with Crippen molar-refractivity contribution in [1.29, 1.82) is 0 Å². The second-order valence-corrected chi connectivity index (χ2v) is 3.58. The molecule has 2 nitrogen and oxygen atoms in total. The maximum Gasteiger partial charge on any atom is 0.142 e. The third-order valence-corrected chi connectivity index (χ3v) is 2.47. The van der Waals surface area contributed by atoms with Crippen molar-refractivity contribution in [3.8, 4) is 0 Å². The van der Waals surface area contributed by atoms with Crippen LogP contribution in [0.5, 0.6) is 0 Å². The van der Waals surface area contributed by atoms with Gasteiger partial charge in [-0.15, -0.1) is 0 Å².